The minimum atomic E-state index is -1.49. The molecule has 0 N–H and O–H groups in total. The van der Waals surface area contributed by atoms with Gasteiger partial charge in [0.25, 0.3) is 0 Å². The SMILES string of the molecule is C[Si](C)(C)C1=C([Si](C)(C)C2=Cc3ccccc3C2)CC=C1. The maximum Gasteiger partial charge on any atom is 0.103 e. The summed E-state index contributed by atoms with van der Waals surface area (Å²) in [5, 5.41) is 5.26. The molecule has 0 unspecified atom stereocenters. The van der Waals surface area contributed by atoms with E-state index in [2.05, 4.69) is 75.2 Å². The maximum absolute atomic E-state index is 2.56. The topological polar surface area (TPSA) is 0 Å². The highest BCUT2D eigenvalue weighted by Crippen LogP contribution is 2.40. The molecule has 21 heavy (non-hydrogen) atoms. The number of fused-ring (bicyclic) bond motifs is 1. The summed E-state index contributed by atoms with van der Waals surface area (Å²) in [6.07, 6.45) is 9.72. The fourth-order valence-electron chi connectivity index (χ4n) is 3.67. The molecule has 2 aliphatic rings. The molecule has 0 aromatic heterocycles. The first-order valence-corrected chi connectivity index (χ1v) is 14.5. The number of benzene rings is 1. The predicted molar refractivity (Wildman–Crippen MR) is 99.7 cm³/mol. The summed E-state index contributed by atoms with van der Waals surface area (Å²) < 4.78 is 0. The van der Waals surface area contributed by atoms with Gasteiger partial charge in [0.15, 0.2) is 0 Å². The standard InChI is InChI=1S/C19H26Si2/c1-20(2,3)18-11-8-12-19(18)21(4,5)17-13-15-9-6-7-10-16(15)14-17/h6-11,13H,12,14H2,1-5H3. The summed E-state index contributed by atoms with van der Waals surface area (Å²) in [5.74, 6) is 0. The molecule has 2 aliphatic carbocycles. The molecule has 1 aromatic rings. The maximum atomic E-state index is 2.56. The predicted octanol–water partition coefficient (Wildman–Crippen LogP) is 5.55. The van der Waals surface area contributed by atoms with Gasteiger partial charge in [0.2, 0.25) is 0 Å². The molecule has 2 heteroatoms. The number of hydrogen-bond acceptors (Lipinski definition) is 0. The molecule has 1 aromatic carbocycles. The van der Waals surface area contributed by atoms with Crippen molar-refractivity contribution in [3.05, 3.63) is 63.1 Å². The molecular formula is C19H26Si2. The van der Waals surface area contributed by atoms with Gasteiger partial charge in [0, 0.05) is 0 Å². The highest BCUT2D eigenvalue weighted by molar-refractivity contribution is 6.94. The first-order chi connectivity index (χ1) is 9.80. The summed E-state index contributed by atoms with van der Waals surface area (Å²) in [7, 11) is -2.72. The van der Waals surface area contributed by atoms with Crippen LogP contribution in [-0.4, -0.2) is 16.1 Å². The van der Waals surface area contributed by atoms with Crippen LogP contribution in [0, 0.1) is 0 Å². The zero-order valence-electron chi connectivity index (χ0n) is 14.0. The van der Waals surface area contributed by atoms with Gasteiger partial charge in [-0.2, -0.15) is 0 Å². The van der Waals surface area contributed by atoms with E-state index in [1.165, 1.54) is 24.0 Å². The molecule has 0 spiro atoms. The lowest BCUT2D eigenvalue weighted by atomic mass is 10.1. The molecule has 3 rings (SSSR count). The average molecular weight is 311 g/mol. The van der Waals surface area contributed by atoms with Gasteiger partial charge >= 0.3 is 0 Å². The zero-order chi connectivity index (χ0) is 15.3. The van der Waals surface area contributed by atoms with Gasteiger partial charge in [0.1, 0.15) is 8.07 Å². The third-order valence-corrected chi connectivity index (χ3v) is 11.3. The first-order valence-electron chi connectivity index (χ1n) is 8.00. The third kappa shape index (κ3) is 2.55. The van der Waals surface area contributed by atoms with Crippen LogP contribution in [0.1, 0.15) is 17.5 Å². The Labute approximate surface area is 131 Å². The molecule has 0 fully saturated rings. The minimum Gasteiger partial charge on any atom is -0.0810 e. The molecule has 0 saturated heterocycles. The second-order valence-electron chi connectivity index (χ2n) is 7.92. The van der Waals surface area contributed by atoms with Crippen LogP contribution in [0.3, 0.4) is 0 Å². The van der Waals surface area contributed by atoms with E-state index in [9.17, 15) is 0 Å². The van der Waals surface area contributed by atoms with Crippen LogP contribution in [0.15, 0.2) is 52.0 Å². The van der Waals surface area contributed by atoms with E-state index < -0.39 is 16.1 Å². The van der Waals surface area contributed by atoms with Crippen LogP contribution in [0.5, 0.6) is 0 Å². The monoisotopic (exact) mass is 310 g/mol. The van der Waals surface area contributed by atoms with Crippen LogP contribution in [0.25, 0.3) is 6.08 Å². The number of allylic oxidation sites excluding steroid dienone is 5. The molecule has 110 valence electrons. The minimum absolute atomic E-state index is 1.18. The smallest absolute Gasteiger partial charge is 0.0810 e. The van der Waals surface area contributed by atoms with Crippen LogP contribution < -0.4 is 0 Å². The lowest BCUT2D eigenvalue weighted by Gasteiger charge is -2.31. The van der Waals surface area contributed by atoms with Crippen LogP contribution in [0.2, 0.25) is 32.7 Å². The van der Waals surface area contributed by atoms with Gasteiger partial charge in [-0.05, 0) is 24.0 Å². The van der Waals surface area contributed by atoms with Crippen LogP contribution in [0.4, 0.5) is 0 Å². The molecule has 0 saturated carbocycles. The Balaban J connectivity index is 2.00. The van der Waals surface area contributed by atoms with Crippen molar-refractivity contribution in [2.45, 2.75) is 45.6 Å². The van der Waals surface area contributed by atoms with Crippen molar-refractivity contribution in [1.29, 1.82) is 0 Å². The lowest BCUT2D eigenvalue weighted by Crippen LogP contribution is -2.36. The van der Waals surface area contributed by atoms with E-state index in [1.807, 2.05) is 0 Å². The number of hydrogen-bond donors (Lipinski definition) is 0. The molecule has 0 amide bonds. The molecular weight excluding hydrogens is 284 g/mol. The van der Waals surface area contributed by atoms with Gasteiger partial charge in [-0.1, -0.05) is 90.8 Å². The van der Waals surface area contributed by atoms with E-state index in [0.29, 0.717) is 0 Å². The van der Waals surface area contributed by atoms with Crippen molar-refractivity contribution in [1.82, 2.24) is 0 Å². The molecule has 0 bridgehead atoms. The Morgan fingerprint density at radius 2 is 1.67 bits per heavy atom. The largest absolute Gasteiger partial charge is 0.103 e. The second kappa shape index (κ2) is 4.96. The van der Waals surface area contributed by atoms with Crippen molar-refractivity contribution in [3.63, 3.8) is 0 Å². The van der Waals surface area contributed by atoms with Crippen molar-refractivity contribution in [3.8, 4) is 0 Å². The lowest BCUT2D eigenvalue weighted by molar-refractivity contribution is 1.24. The molecule has 0 radical (unpaired) electrons. The van der Waals surface area contributed by atoms with E-state index in [0.717, 1.165) is 0 Å². The van der Waals surface area contributed by atoms with E-state index in [1.54, 1.807) is 15.6 Å². The Morgan fingerprint density at radius 3 is 2.33 bits per heavy atom. The average Bonchev–Trinajstić information content (AvgIpc) is 3.05. The zero-order valence-corrected chi connectivity index (χ0v) is 16.0. The summed E-state index contributed by atoms with van der Waals surface area (Å²) in [6.45, 7) is 12.6. The summed E-state index contributed by atoms with van der Waals surface area (Å²) in [4.78, 5) is 0. The van der Waals surface area contributed by atoms with Crippen molar-refractivity contribution >= 4 is 22.2 Å². The Morgan fingerprint density at radius 1 is 0.952 bits per heavy atom. The molecule has 0 nitrogen and oxygen atoms in total. The van der Waals surface area contributed by atoms with Gasteiger partial charge in [-0.25, -0.2) is 0 Å². The third-order valence-electron chi connectivity index (χ3n) is 5.06. The van der Waals surface area contributed by atoms with Gasteiger partial charge in [0.05, 0.1) is 8.07 Å². The van der Waals surface area contributed by atoms with Gasteiger partial charge in [-0.15, -0.1) is 0 Å². The van der Waals surface area contributed by atoms with E-state index in [4.69, 9.17) is 0 Å². The second-order valence-corrected chi connectivity index (χ2v) is 17.5. The Hall–Kier alpha value is -1.13. The van der Waals surface area contributed by atoms with Crippen molar-refractivity contribution < 1.29 is 0 Å². The van der Waals surface area contributed by atoms with Gasteiger partial charge < -0.3 is 0 Å². The Bertz CT molecular complexity index is 667. The fourth-order valence-corrected chi connectivity index (χ4v) is 10.3. The highest BCUT2D eigenvalue weighted by atomic mass is 28.3. The fraction of sp³-hybridized carbons (Fsp3) is 0.368. The molecule has 0 atom stereocenters. The number of rotatable bonds is 3. The first kappa shape index (κ1) is 14.8. The Kier molecular flexibility index (Phi) is 3.49. The molecule has 0 aliphatic heterocycles. The van der Waals surface area contributed by atoms with Crippen LogP contribution >= 0.6 is 0 Å². The highest BCUT2D eigenvalue weighted by Gasteiger charge is 2.37. The normalized spacial score (nSPS) is 18.2. The summed E-state index contributed by atoms with van der Waals surface area (Å²) in [5.41, 5.74) is 2.98. The quantitative estimate of drug-likeness (QED) is 0.642. The van der Waals surface area contributed by atoms with Crippen molar-refractivity contribution in [2.24, 2.45) is 0 Å². The van der Waals surface area contributed by atoms with Crippen LogP contribution in [-0.2, 0) is 6.42 Å². The van der Waals surface area contributed by atoms with E-state index >= 15 is 0 Å². The van der Waals surface area contributed by atoms with Gasteiger partial charge in [-0.3, -0.25) is 0 Å². The summed E-state index contributed by atoms with van der Waals surface area (Å²) in [6, 6.07) is 8.91. The van der Waals surface area contributed by atoms with Crippen molar-refractivity contribution in [2.75, 3.05) is 0 Å². The molecule has 0 heterocycles. The van der Waals surface area contributed by atoms with E-state index in [-0.39, 0.29) is 0 Å². The summed E-state index contributed by atoms with van der Waals surface area (Å²) >= 11 is 0.